The Morgan fingerprint density at radius 1 is 1.32 bits per heavy atom. The fourth-order valence-corrected chi connectivity index (χ4v) is 3.00. The van der Waals surface area contributed by atoms with Crippen molar-refractivity contribution in [1.29, 1.82) is 5.26 Å². The van der Waals surface area contributed by atoms with Gasteiger partial charge in [-0.1, -0.05) is 36.6 Å². The summed E-state index contributed by atoms with van der Waals surface area (Å²) in [6.07, 6.45) is 7.45. The highest BCUT2D eigenvalue weighted by atomic mass is 35.5. The largest absolute Gasteiger partial charge is 0.351 e. The minimum absolute atomic E-state index is 0.110. The third kappa shape index (κ3) is 3.13. The molecule has 1 heterocycles. The van der Waals surface area contributed by atoms with Gasteiger partial charge in [-0.05, 0) is 25.0 Å². The lowest BCUT2D eigenvalue weighted by Gasteiger charge is -2.30. The van der Waals surface area contributed by atoms with E-state index in [1.807, 2.05) is 12.1 Å². The number of nitrogens with zero attached hydrogens (tertiary/aromatic N) is 4. The maximum absolute atomic E-state index is 9.89. The molecule has 3 rings (SSSR count). The lowest BCUT2D eigenvalue weighted by Crippen LogP contribution is -2.36. The van der Waals surface area contributed by atoms with E-state index in [0.717, 1.165) is 31.2 Å². The minimum atomic E-state index is -1.08. The van der Waals surface area contributed by atoms with Crippen molar-refractivity contribution >= 4 is 11.6 Å². The highest BCUT2D eigenvalue weighted by molar-refractivity contribution is 6.30. The zero-order chi connectivity index (χ0) is 15.4. The number of nitriles is 1. The molecule has 2 aromatic rings. The average Bonchev–Trinajstić information content (AvgIpc) is 3.21. The first kappa shape index (κ1) is 15.0. The van der Waals surface area contributed by atoms with E-state index >= 15 is 0 Å². The Morgan fingerprint density at radius 2 is 2.05 bits per heavy atom. The molecule has 1 fully saturated rings. The number of hydrogen-bond acceptors (Lipinski definition) is 4. The van der Waals surface area contributed by atoms with Crippen LogP contribution in [0.4, 0.5) is 0 Å². The molecule has 114 valence electrons. The van der Waals surface area contributed by atoms with Gasteiger partial charge in [0, 0.05) is 10.6 Å². The summed E-state index contributed by atoms with van der Waals surface area (Å²) in [5.74, 6) is 0. The summed E-state index contributed by atoms with van der Waals surface area (Å²) in [6.45, 7) is 0.307. The molecule has 0 bridgehead atoms. The van der Waals surface area contributed by atoms with Crippen LogP contribution in [0.15, 0.2) is 36.9 Å². The number of rotatable bonds is 5. The smallest absolute Gasteiger partial charge is 0.199 e. The summed E-state index contributed by atoms with van der Waals surface area (Å²) in [6, 6.07) is 9.61. The van der Waals surface area contributed by atoms with Crippen LogP contribution in [-0.2, 0) is 16.9 Å². The van der Waals surface area contributed by atoms with Crippen molar-refractivity contribution in [2.24, 2.45) is 0 Å². The molecule has 6 heteroatoms. The molecule has 1 unspecified atom stereocenters. The second kappa shape index (κ2) is 6.47. The first-order valence-electron chi connectivity index (χ1n) is 7.39. The molecule has 0 radical (unpaired) electrons. The molecule has 1 saturated carbocycles. The molecule has 1 aliphatic rings. The zero-order valence-electron chi connectivity index (χ0n) is 12.2. The monoisotopic (exact) mass is 316 g/mol. The predicted octanol–water partition coefficient (Wildman–Crippen LogP) is 3.31. The van der Waals surface area contributed by atoms with Gasteiger partial charge in [0.15, 0.2) is 5.60 Å². The first-order chi connectivity index (χ1) is 10.7. The van der Waals surface area contributed by atoms with Gasteiger partial charge in [0.1, 0.15) is 18.7 Å². The Balaban J connectivity index is 1.94. The fourth-order valence-electron chi connectivity index (χ4n) is 2.88. The summed E-state index contributed by atoms with van der Waals surface area (Å²) in [5.41, 5.74) is -0.283. The molecular formula is C16H17ClN4O. The standard InChI is InChI=1S/C16H17ClN4O/c17-14-7-5-13(6-8-14)16(9-18,10-21-12-19-11-20-21)22-15-3-1-2-4-15/h5-8,11-12,15H,1-4,10H2. The van der Waals surface area contributed by atoms with Crippen LogP contribution in [0.25, 0.3) is 0 Å². The van der Waals surface area contributed by atoms with Crippen molar-refractivity contribution in [3.8, 4) is 6.07 Å². The van der Waals surface area contributed by atoms with Crippen LogP contribution in [0, 0.1) is 11.3 Å². The first-order valence-corrected chi connectivity index (χ1v) is 7.77. The Morgan fingerprint density at radius 3 is 2.64 bits per heavy atom. The highest BCUT2D eigenvalue weighted by Crippen LogP contribution is 2.34. The lowest BCUT2D eigenvalue weighted by molar-refractivity contribution is -0.0708. The Hall–Kier alpha value is -1.90. The van der Waals surface area contributed by atoms with Crippen LogP contribution in [0.2, 0.25) is 5.02 Å². The van der Waals surface area contributed by atoms with E-state index in [0.29, 0.717) is 11.6 Å². The van der Waals surface area contributed by atoms with Crippen molar-refractivity contribution in [2.75, 3.05) is 0 Å². The molecule has 5 nitrogen and oxygen atoms in total. The van der Waals surface area contributed by atoms with E-state index in [1.165, 1.54) is 6.33 Å². The van der Waals surface area contributed by atoms with E-state index in [1.54, 1.807) is 23.1 Å². The molecule has 0 saturated heterocycles. The van der Waals surface area contributed by atoms with Gasteiger partial charge in [-0.2, -0.15) is 10.4 Å². The van der Waals surface area contributed by atoms with Crippen molar-refractivity contribution in [3.05, 3.63) is 47.5 Å². The van der Waals surface area contributed by atoms with Crippen molar-refractivity contribution in [1.82, 2.24) is 14.8 Å². The molecule has 1 aromatic heterocycles. The fraction of sp³-hybridized carbons (Fsp3) is 0.438. The summed E-state index contributed by atoms with van der Waals surface area (Å²) < 4.78 is 7.89. The van der Waals surface area contributed by atoms with Gasteiger partial charge in [0.25, 0.3) is 0 Å². The third-order valence-electron chi connectivity index (χ3n) is 4.01. The van der Waals surface area contributed by atoms with Crippen LogP contribution in [0.3, 0.4) is 0 Å². The quantitative estimate of drug-likeness (QED) is 0.849. The minimum Gasteiger partial charge on any atom is -0.351 e. The van der Waals surface area contributed by atoms with Gasteiger partial charge in [-0.15, -0.1) is 0 Å². The molecule has 0 N–H and O–H groups in total. The second-order valence-electron chi connectivity index (χ2n) is 5.56. The van der Waals surface area contributed by atoms with Crippen LogP contribution in [-0.4, -0.2) is 20.9 Å². The van der Waals surface area contributed by atoms with Crippen LogP contribution in [0.5, 0.6) is 0 Å². The Labute approximate surface area is 134 Å². The van der Waals surface area contributed by atoms with E-state index in [-0.39, 0.29) is 6.10 Å². The highest BCUT2D eigenvalue weighted by Gasteiger charge is 2.38. The number of benzene rings is 1. The number of halogens is 1. The van der Waals surface area contributed by atoms with Gasteiger partial charge >= 0.3 is 0 Å². The van der Waals surface area contributed by atoms with Gasteiger partial charge < -0.3 is 4.74 Å². The SMILES string of the molecule is N#CC(Cn1cncn1)(OC1CCCC1)c1ccc(Cl)cc1. The average molecular weight is 317 g/mol. The van der Waals surface area contributed by atoms with E-state index in [2.05, 4.69) is 16.2 Å². The summed E-state index contributed by atoms with van der Waals surface area (Å²) in [5, 5.41) is 14.6. The molecule has 1 aromatic carbocycles. The predicted molar refractivity (Wildman–Crippen MR) is 82.1 cm³/mol. The molecule has 22 heavy (non-hydrogen) atoms. The van der Waals surface area contributed by atoms with Gasteiger partial charge in [0.2, 0.25) is 0 Å². The topological polar surface area (TPSA) is 63.7 Å². The van der Waals surface area contributed by atoms with Crippen LogP contribution < -0.4 is 0 Å². The third-order valence-corrected chi connectivity index (χ3v) is 4.26. The normalized spacial score (nSPS) is 18.0. The van der Waals surface area contributed by atoms with Gasteiger partial charge in [-0.25, -0.2) is 9.67 Å². The van der Waals surface area contributed by atoms with E-state index in [4.69, 9.17) is 16.3 Å². The van der Waals surface area contributed by atoms with Crippen LogP contribution in [0.1, 0.15) is 31.2 Å². The Kier molecular flexibility index (Phi) is 4.41. The van der Waals surface area contributed by atoms with E-state index in [9.17, 15) is 5.26 Å². The maximum Gasteiger partial charge on any atom is 0.199 e. The molecule has 0 amide bonds. The summed E-state index contributed by atoms with van der Waals surface area (Å²) in [7, 11) is 0. The van der Waals surface area contributed by atoms with Crippen molar-refractivity contribution < 1.29 is 4.74 Å². The van der Waals surface area contributed by atoms with Gasteiger partial charge in [0.05, 0.1) is 12.6 Å². The number of hydrogen-bond donors (Lipinski definition) is 0. The molecular weight excluding hydrogens is 300 g/mol. The lowest BCUT2D eigenvalue weighted by atomic mass is 9.94. The molecule has 1 aliphatic carbocycles. The van der Waals surface area contributed by atoms with Crippen molar-refractivity contribution in [2.45, 2.75) is 43.9 Å². The molecule has 0 spiro atoms. The maximum atomic E-state index is 9.89. The summed E-state index contributed by atoms with van der Waals surface area (Å²) >= 11 is 5.97. The molecule has 0 aliphatic heterocycles. The number of aromatic nitrogens is 3. The Bertz CT molecular complexity index is 644. The van der Waals surface area contributed by atoms with E-state index < -0.39 is 5.60 Å². The molecule has 1 atom stereocenters. The summed E-state index contributed by atoms with van der Waals surface area (Å²) in [4.78, 5) is 3.95. The zero-order valence-corrected chi connectivity index (χ0v) is 12.9. The second-order valence-corrected chi connectivity index (χ2v) is 6.00. The van der Waals surface area contributed by atoms with Gasteiger partial charge in [-0.3, -0.25) is 0 Å². The van der Waals surface area contributed by atoms with Crippen molar-refractivity contribution in [3.63, 3.8) is 0 Å². The number of ether oxygens (including phenoxy) is 1. The van der Waals surface area contributed by atoms with Crippen LogP contribution >= 0.6 is 11.6 Å².